The predicted octanol–water partition coefficient (Wildman–Crippen LogP) is 2.88. The van der Waals surface area contributed by atoms with E-state index in [1.807, 2.05) is 0 Å². The van der Waals surface area contributed by atoms with Gasteiger partial charge < -0.3 is 4.74 Å². The lowest BCUT2D eigenvalue weighted by Crippen LogP contribution is -2.21. The molecule has 1 aliphatic rings. The van der Waals surface area contributed by atoms with Gasteiger partial charge in [0.25, 0.3) is 5.56 Å². The highest BCUT2D eigenvalue weighted by Gasteiger charge is 2.14. The second-order valence-corrected chi connectivity index (χ2v) is 5.51. The van der Waals surface area contributed by atoms with Crippen molar-refractivity contribution in [3.63, 3.8) is 0 Å². The molecule has 2 aromatic rings. The van der Waals surface area contributed by atoms with Crippen LogP contribution in [0.3, 0.4) is 0 Å². The summed E-state index contributed by atoms with van der Waals surface area (Å²) in [6, 6.07) is 4.52. The third kappa shape index (κ3) is 3.13. The fourth-order valence-corrected chi connectivity index (χ4v) is 2.85. The van der Waals surface area contributed by atoms with Gasteiger partial charge in [-0.3, -0.25) is 9.36 Å². The van der Waals surface area contributed by atoms with Gasteiger partial charge in [0.05, 0.1) is 17.9 Å². The first kappa shape index (κ1) is 14.2. The molecule has 1 fully saturated rings. The predicted molar refractivity (Wildman–Crippen MR) is 78.8 cm³/mol. The summed E-state index contributed by atoms with van der Waals surface area (Å²) in [4.78, 5) is 16.4. The maximum absolute atomic E-state index is 13.7. The highest BCUT2D eigenvalue weighted by Crippen LogP contribution is 2.18. The summed E-state index contributed by atoms with van der Waals surface area (Å²) in [5.41, 5.74) is 0.117. The van der Waals surface area contributed by atoms with Gasteiger partial charge in [0.2, 0.25) is 0 Å². The number of ether oxygens (including phenoxy) is 1. The lowest BCUT2D eigenvalue weighted by Gasteiger charge is -2.10. The summed E-state index contributed by atoms with van der Waals surface area (Å²) < 4.78 is 20.8. The standard InChI is InChI=1S/C16H19FN2O2/c17-13-7-3-8-14-15(13)16(20)19(11-18-14)9-2-1-5-12-6-4-10-21-12/h3,7-8,11-12H,1-2,4-6,9-10H2. The Morgan fingerprint density at radius 2 is 2.29 bits per heavy atom. The van der Waals surface area contributed by atoms with Crippen molar-refractivity contribution in [3.8, 4) is 0 Å². The third-order valence-corrected chi connectivity index (χ3v) is 4.00. The average molecular weight is 290 g/mol. The molecule has 0 spiro atoms. The number of benzene rings is 1. The summed E-state index contributed by atoms with van der Waals surface area (Å²) in [5, 5.41) is 0.0825. The van der Waals surface area contributed by atoms with Gasteiger partial charge in [0, 0.05) is 13.2 Å². The number of hydrogen-bond donors (Lipinski definition) is 0. The van der Waals surface area contributed by atoms with Crippen LogP contribution in [0.15, 0.2) is 29.3 Å². The quantitative estimate of drug-likeness (QED) is 0.795. The molecule has 112 valence electrons. The van der Waals surface area contributed by atoms with E-state index in [0.29, 0.717) is 18.2 Å². The zero-order valence-corrected chi connectivity index (χ0v) is 11.9. The van der Waals surface area contributed by atoms with E-state index in [9.17, 15) is 9.18 Å². The van der Waals surface area contributed by atoms with Crippen LogP contribution in [0.25, 0.3) is 10.9 Å². The van der Waals surface area contributed by atoms with E-state index < -0.39 is 5.82 Å². The maximum atomic E-state index is 13.7. The number of aromatic nitrogens is 2. The highest BCUT2D eigenvalue weighted by molar-refractivity contribution is 5.77. The van der Waals surface area contributed by atoms with Crippen LogP contribution in [0.2, 0.25) is 0 Å². The summed E-state index contributed by atoms with van der Waals surface area (Å²) in [7, 11) is 0. The van der Waals surface area contributed by atoms with Gasteiger partial charge in [0.15, 0.2) is 0 Å². The largest absolute Gasteiger partial charge is 0.378 e. The minimum Gasteiger partial charge on any atom is -0.378 e. The zero-order valence-electron chi connectivity index (χ0n) is 11.9. The van der Waals surface area contributed by atoms with E-state index in [1.165, 1.54) is 17.0 Å². The molecule has 0 aliphatic carbocycles. The van der Waals surface area contributed by atoms with Crippen molar-refractivity contribution in [2.24, 2.45) is 0 Å². The molecule has 0 bridgehead atoms. The molecule has 0 saturated carbocycles. The van der Waals surface area contributed by atoms with Crippen LogP contribution in [0, 0.1) is 5.82 Å². The number of unbranched alkanes of at least 4 members (excludes halogenated alkanes) is 1. The fourth-order valence-electron chi connectivity index (χ4n) is 2.85. The summed E-state index contributed by atoms with van der Waals surface area (Å²) >= 11 is 0. The van der Waals surface area contributed by atoms with Crippen LogP contribution in [0.4, 0.5) is 4.39 Å². The Labute approximate surface area is 122 Å². The van der Waals surface area contributed by atoms with Crippen LogP contribution in [0.5, 0.6) is 0 Å². The normalized spacial score (nSPS) is 18.4. The smallest absolute Gasteiger partial charge is 0.264 e. The second-order valence-electron chi connectivity index (χ2n) is 5.51. The zero-order chi connectivity index (χ0) is 14.7. The van der Waals surface area contributed by atoms with Crippen LogP contribution >= 0.6 is 0 Å². The Kier molecular flexibility index (Phi) is 4.29. The van der Waals surface area contributed by atoms with E-state index >= 15 is 0 Å². The van der Waals surface area contributed by atoms with Crippen LogP contribution in [-0.2, 0) is 11.3 Å². The average Bonchev–Trinajstić information content (AvgIpc) is 2.99. The maximum Gasteiger partial charge on any atom is 0.264 e. The van der Waals surface area contributed by atoms with Crippen LogP contribution < -0.4 is 5.56 Å². The molecule has 0 amide bonds. The van der Waals surface area contributed by atoms with Crippen LogP contribution in [-0.4, -0.2) is 22.3 Å². The van der Waals surface area contributed by atoms with E-state index in [-0.39, 0.29) is 10.9 Å². The van der Waals surface area contributed by atoms with Gasteiger partial charge >= 0.3 is 0 Å². The Balaban J connectivity index is 1.65. The van der Waals surface area contributed by atoms with Gasteiger partial charge in [-0.15, -0.1) is 0 Å². The molecule has 1 saturated heterocycles. The van der Waals surface area contributed by atoms with Gasteiger partial charge in [-0.05, 0) is 44.2 Å². The molecule has 1 aromatic heterocycles. The van der Waals surface area contributed by atoms with E-state index in [4.69, 9.17) is 4.74 Å². The molecule has 5 heteroatoms. The van der Waals surface area contributed by atoms with Gasteiger partial charge in [0.1, 0.15) is 11.2 Å². The number of rotatable bonds is 5. The number of nitrogens with zero attached hydrogens (tertiary/aromatic N) is 2. The van der Waals surface area contributed by atoms with Crippen molar-refractivity contribution >= 4 is 10.9 Å². The van der Waals surface area contributed by atoms with Crippen molar-refractivity contribution in [1.29, 1.82) is 0 Å². The molecule has 1 unspecified atom stereocenters. The molecule has 3 rings (SSSR count). The Morgan fingerprint density at radius 3 is 3.10 bits per heavy atom. The number of halogens is 1. The first-order chi connectivity index (χ1) is 10.3. The summed E-state index contributed by atoms with van der Waals surface area (Å²) in [5.74, 6) is -0.501. The third-order valence-electron chi connectivity index (χ3n) is 4.00. The van der Waals surface area contributed by atoms with Gasteiger partial charge in [-0.25, -0.2) is 9.37 Å². The molecular formula is C16H19FN2O2. The molecule has 0 radical (unpaired) electrons. The number of fused-ring (bicyclic) bond motifs is 1. The molecule has 1 atom stereocenters. The van der Waals surface area contributed by atoms with E-state index in [1.54, 1.807) is 12.1 Å². The Bertz CT molecular complexity index is 678. The molecular weight excluding hydrogens is 271 g/mol. The lowest BCUT2D eigenvalue weighted by molar-refractivity contribution is 0.102. The van der Waals surface area contributed by atoms with Crippen molar-refractivity contribution in [1.82, 2.24) is 9.55 Å². The van der Waals surface area contributed by atoms with Crippen molar-refractivity contribution in [3.05, 3.63) is 40.7 Å². The van der Waals surface area contributed by atoms with E-state index in [2.05, 4.69) is 4.98 Å². The lowest BCUT2D eigenvalue weighted by atomic mass is 10.1. The Hall–Kier alpha value is -1.75. The molecule has 4 nitrogen and oxygen atoms in total. The second kappa shape index (κ2) is 6.35. The fraction of sp³-hybridized carbons (Fsp3) is 0.500. The van der Waals surface area contributed by atoms with Gasteiger partial charge in [-0.1, -0.05) is 6.07 Å². The molecule has 21 heavy (non-hydrogen) atoms. The van der Waals surface area contributed by atoms with Crippen molar-refractivity contribution < 1.29 is 9.13 Å². The number of hydrogen-bond acceptors (Lipinski definition) is 3. The first-order valence-corrected chi connectivity index (χ1v) is 7.51. The number of aryl methyl sites for hydroxylation is 1. The highest BCUT2D eigenvalue weighted by atomic mass is 19.1. The Morgan fingerprint density at radius 1 is 1.38 bits per heavy atom. The minimum absolute atomic E-state index is 0.0825. The first-order valence-electron chi connectivity index (χ1n) is 7.51. The van der Waals surface area contributed by atoms with E-state index in [0.717, 1.165) is 38.7 Å². The molecule has 2 heterocycles. The minimum atomic E-state index is -0.501. The molecule has 1 aromatic carbocycles. The van der Waals surface area contributed by atoms with Gasteiger partial charge in [-0.2, -0.15) is 0 Å². The molecule has 1 aliphatic heterocycles. The summed E-state index contributed by atoms with van der Waals surface area (Å²) in [6.45, 7) is 1.45. The topological polar surface area (TPSA) is 44.1 Å². The van der Waals surface area contributed by atoms with Crippen LogP contribution in [0.1, 0.15) is 32.1 Å². The summed E-state index contributed by atoms with van der Waals surface area (Å²) in [6.07, 6.45) is 7.10. The SMILES string of the molecule is O=c1c2c(F)cccc2ncn1CCCCC1CCCO1. The van der Waals surface area contributed by atoms with Crippen molar-refractivity contribution in [2.45, 2.75) is 44.8 Å². The molecule has 0 N–H and O–H groups in total. The monoisotopic (exact) mass is 290 g/mol. The van der Waals surface area contributed by atoms with Crippen molar-refractivity contribution in [2.75, 3.05) is 6.61 Å².